The van der Waals surface area contributed by atoms with E-state index in [1.54, 1.807) is 0 Å². The molecule has 0 aliphatic rings. The van der Waals surface area contributed by atoms with Crippen LogP contribution in [-0.2, 0) is 22.4 Å². The molecule has 0 fully saturated rings. The van der Waals surface area contributed by atoms with Crippen LogP contribution in [-0.4, -0.2) is 22.2 Å². The highest BCUT2D eigenvalue weighted by molar-refractivity contribution is 14.1. The van der Waals surface area contributed by atoms with E-state index in [4.69, 9.17) is 10.2 Å². The van der Waals surface area contributed by atoms with Crippen LogP contribution in [0.15, 0.2) is 18.2 Å². The Balaban J connectivity index is 2.26. The maximum atomic E-state index is 10.5. The normalized spacial score (nSPS) is 10.9. The highest BCUT2D eigenvalue weighted by Gasteiger charge is 2.07. The maximum absolute atomic E-state index is 10.5. The molecule has 0 unspecified atom stereocenters. The van der Waals surface area contributed by atoms with Gasteiger partial charge in [-0.05, 0) is 78.3 Å². The first-order valence-corrected chi connectivity index (χ1v) is 11.3. The molecule has 5 heteroatoms. The first-order chi connectivity index (χ1) is 13.0. The summed E-state index contributed by atoms with van der Waals surface area (Å²) in [7, 11) is 0. The van der Waals surface area contributed by atoms with E-state index in [1.165, 1.54) is 14.7 Å². The summed E-state index contributed by atoms with van der Waals surface area (Å²) in [5.41, 5.74) is 2.94. The molecule has 0 amide bonds. The molecule has 1 rings (SSSR count). The molecular formula is C22H33IO4. The van der Waals surface area contributed by atoms with Gasteiger partial charge in [-0.3, -0.25) is 9.59 Å². The number of halogens is 1. The van der Waals surface area contributed by atoms with Gasteiger partial charge in [0.1, 0.15) is 0 Å². The molecule has 0 atom stereocenters. The minimum absolute atomic E-state index is 0.289. The molecule has 2 N–H and O–H groups in total. The monoisotopic (exact) mass is 488 g/mol. The SMILES string of the molecule is O=C(O)CCCCCCCc1cccc(I)c1CCCCCCCC(=O)O. The van der Waals surface area contributed by atoms with Crippen LogP contribution in [0.3, 0.4) is 0 Å². The molecular weight excluding hydrogens is 455 g/mol. The molecule has 0 radical (unpaired) electrons. The van der Waals surface area contributed by atoms with Crippen molar-refractivity contribution in [3.05, 3.63) is 32.9 Å². The smallest absolute Gasteiger partial charge is 0.303 e. The van der Waals surface area contributed by atoms with E-state index in [0.29, 0.717) is 0 Å². The van der Waals surface area contributed by atoms with Crippen molar-refractivity contribution in [3.63, 3.8) is 0 Å². The lowest BCUT2D eigenvalue weighted by atomic mass is 9.96. The lowest BCUT2D eigenvalue weighted by Crippen LogP contribution is -1.99. The number of aryl methyl sites for hydroxylation is 1. The standard InChI is InChI=1S/C22H33IO4/c23-20-15-11-13-18(12-7-3-1-5-9-16-21(24)25)19(20)14-8-4-2-6-10-17-22(26)27/h11,13,15H,1-10,12,14,16-17H2,(H,24,25)(H,26,27). The van der Waals surface area contributed by atoms with E-state index >= 15 is 0 Å². The predicted octanol–water partition coefficient (Wildman–Crippen LogP) is 6.23. The van der Waals surface area contributed by atoms with E-state index < -0.39 is 11.9 Å². The number of hydrogen-bond donors (Lipinski definition) is 2. The molecule has 0 bridgehead atoms. The van der Waals surface area contributed by atoms with Crippen LogP contribution in [0, 0.1) is 3.57 Å². The second-order valence-electron chi connectivity index (χ2n) is 7.20. The fourth-order valence-electron chi connectivity index (χ4n) is 3.35. The maximum Gasteiger partial charge on any atom is 0.303 e. The van der Waals surface area contributed by atoms with E-state index in [2.05, 4.69) is 40.8 Å². The largest absolute Gasteiger partial charge is 0.481 e. The Bertz CT molecular complexity index is 571. The molecule has 27 heavy (non-hydrogen) atoms. The molecule has 0 saturated carbocycles. The molecule has 0 aliphatic carbocycles. The van der Waals surface area contributed by atoms with Crippen molar-refractivity contribution >= 4 is 34.5 Å². The fraction of sp³-hybridized carbons (Fsp3) is 0.636. The van der Waals surface area contributed by atoms with Crippen molar-refractivity contribution < 1.29 is 19.8 Å². The Hall–Kier alpha value is -1.11. The summed E-state index contributed by atoms with van der Waals surface area (Å²) in [5, 5.41) is 17.3. The fourth-order valence-corrected chi connectivity index (χ4v) is 4.17. The van der Waals surface area contributed by atoms with Gasteiger partial charge in [0, 0.05) is 16.4 Å². The number of aliphatic carboxylic acids is 2. The highest BCUT2D eigenvalue weighted by atomic mass is 127. The van der Waals surface area contributed by atoms with Crippen molar-refractivity contribution in [2.24, 2.45) is 0 Å². The van der Waals surface area contributed by atoms with E-state index in [0.717, 1.165) is 77.0 Å². The van der Waals surface area contributed by atoms with Gasteiger partial charge in [-0.1, -0.05) is 50.7 Å². The molecule has 0 aliphatic heterocycles. The molecule has 152 valence electrons. The molecule has 0 aromatic heterocycles. The zero-order valence-corrected chi connectivity index (χ0v) is 18.4. The summed E-state index contributed by atoms with van der Waals surface area (Å²) in [6.07, 6.45) is 13.2. The van der Waals surface area contributed by atoms with Crippen LogP contribution in [0.1, 0.15) is 88.2 Å². The Kier molecular flexibility index (Phi) is 13.2. The minimum Gasteiger partial charge on any atom is -0.481 e. The van der Waals surface area contributed by atoms with Gasteiger partial charge < -0.3 is 10.2 Å². The van der Waals surface area contributed by atoms with Crippen molar-refractivity contribution in [2.45, 2.75) is 89.9 Å². The molecule has 0 spiro atoms. The lowest BCUT2D eigenvalue weighted by molar-refractivity contribution is -0.138. The summed E-state index contributed by atoms with van der Waals surface area (Å²) in [6.45, 7) is 0. The van der Waals surface area contributed by atoms with E-state index in [9.17, 15) is 9.59 Å². The van der Waals surface area contributed by atoms with Gasteiger partial charge in [-0.2, -0.15) is 0 Å². The van der Waals surface area contributed by atoms with Gasteiger partial charge in [-0.15, -0.1) is 0 Å². The number of benzene rings is 1. The van der Waals surface area contributed by atoms with Crippen LogP contribution in [0.5, 0.6) is 0 Å². The minimum atomic E-state index is -0.694. The second kappa shape index (κ2) is 14.9. The van der Waals surface area contributed by atoms with Gasteiger partial charge in [0.15, 0.2) is 0 Å². The number of hydrogen-bond acceptors (Lipinski definition) is 2. The predicted molar refractivity (Wildman–Crippen MR) is 117 cm³/mol. The number of carboxylic acids is 2. The molecule has 0 saturated heterocycles. The van der Waals surface area contributed by atoms with Crippen molar-refractivity contribution in [3.8, 4) is 0 Å². The Morgan fingerprint density at radius 1 is 0.704 bits per heavy atom. The average Bonchev–Trinajstić information content (AvgIpc) is 2.61. The lowest BCUT2D eigenvalue weighted by Gasteiger charge is -2.12. The number of rotatable bonds is 16. The van der Waals surface area contributed by atoms with Gasteiger partial charge in [0.05, 0.1) is 0 Å². The third kappa shape index (κ3) is 12.1. The summed E-state index contributed by atoms with van der Waals surface area (Å²) in [6, 6.07) is 6.56. The zero-order chi connectivity index (χ0) is 19.9. The third-order valence-electron chi connectivity index (χ3n) is 4.87. The Morgan fingerprint density at radius 3 is 1.74 bits per heavy atom. The van der Waals surface area contributed by atoms with Gasteiger partial charge in [-0.25, -0.2) is 0 Å². The van der Waals surface area contributed by atoms with E-state index in [1.807, 2.05) is 0 Å². The van der Waals surface area contributed by atoms with Crippen LogP contribution >= 0.6 is 22.6 Å². The summed E-state index contributed by atoms with van der Waals surface area (Å²) >= 11 is 2.43. The summed E-state index contributed by atoms with van der Waals surface area (Å²) in [5.74, 6) is -1.39. The second-order valence-corrected chi connectivity index (χ2v) is 8.36. The van der Waals surface area contributed by atoms with Gasteiger partial charge in [0.25, 0.3) is 0 Å². The zero-order valence-electron chi connectivity index (χ0n) is 16.2. The highest BCUT2D eigenvalue weighted by Crippen LogP contribution is 2.22. The third-order valence-corrected chi connectivity index (χ3v) is 5.88. The number of unbranched alkanes of at least 4 members (excludes halogenated alkanes) is 8. The summed E-state index contributed by atoms with van der Waals surface area (Å²) in [4.78, 5) is 21.0. The Labute approximate surface area is 176 Å². The topological polar surface area (TPSA) is 74.6 Å². The first kappa shape index (κ1) is 23.9. The first-order valence-electron chi connectivity index (χ1n) is 10.2. The van der Waals surface area contributed by atoms with Crippen molar-refractivity contribution in [1.82, 2.24) is 0 Å². The van der Waals surface area contributed by atoms with E-state index in [-0.39, 0.29) is 12.8 Å². The number of carboxylic acid groups (broad SMARTS) is 2. The van der Waals surface area contributed by atoms with Crippen LogP contribution in [0.2, 0.25) is 0 Å². The number of carbonyl (C=O) groups is 2. The van der Waals surface area contributed by atoms with Crippen LogP contribution in [0.25, 0.3) is 0 Å². The molecule has 1 aromatic rings. The quantitative estimate of drug-likeness (QED) is 0.214. The summed E-state index contributed by atoms with van der Waals surface area (Å²) < 4.78 is 1.34. The van der Waals surface area contributed by atoms with Crippen molar-refractivity contribution in [2.75, 3.05) is 0 Å². The van der Waals surface area contributed by atoms with Crippen molar-refractivity contribution in [1.29, 1.82) is 0 Å². The van der Waals surface area contributed by atoms with Crippen LogP contribution < -0.4 is 0 Å². The average molecular weight is 488 g/mol. The van der Waals surface area contributed by atoms with Gasteiger partial charge in [0.2, 0.25) is 0 Å². The van der Waals surface area contributed by atoms with Gasteiger partial charge >= 0.3 is 11.9 Å². The van der Waals surface area contributed by atoms with Crippen LogP contribution in [0.4, 0.5) is 0 Å². The molecule has 0 heterocycles. The Morgan fingerprint density at radius 2 is 1.19 bits per heavy atom. The molecule has 1 aromatic carbocycles. The molecule has 4 nitrogen and oxygen atoms in total.